The first-order valence-electron chi connectivity index (χ1n) is 18.8. The molecule has 11 rings (SSSR count). The zero-order valence-electron chi connectivity index (χ0n) is 30.2. The average molecular weight is 692 g/mol. The van der Waals surface area contributed by atoms with Crippen molar-refractivity contribution in [3.05, 3.63) is 204 Å². The van der Waals surface area contributed by atoms with Crippen molar-refractivity contribution in [2.45, 2.75) is 25.3 Å². The predicted molar refractivity (Wildman–Crippen MR) is 225 cm³/mol. The molecule has 3 nitrogen and oxygen atoms in total. The van der Waals surface area contributed by atoms with E-state index in [4.69, 9.17) is 4.99 Å². The van der Waals surface area contributed by atoms with E-state index in [1.807, 2.05) is 0 Å². The highest BCUT2D eigenvalue weighted by Crippen LogP contribution is 2.52. The maximum Gasteiger partial charge on any atom is 0.134 e. The number of benzene rings is 8. The van der Waals surface area contributed by atoms with Crippen molar-refractivity contribution in [1.29, 1.82) is 0 Å². The molecule has 1 aliphatic heterocycles. The summed E-state index contributed by atoms with van der Waals surface area (Å²) >= 11 is 0. The number of rotatable bonds is 4. The first-order valence-corrected chi connectivity index (χ1v) is 18.8. The molecular formula is C51H37N3. The normalized spacial score (nSPS) is 15.4. The Kier molecular flexibility index (Phi) is 6.66. The van der Waals surface area contributed by atoms with Gasteiger partial charge in [0.1, 0.15) is 5.84 Å². The van der Waals surface area contributed by atoms with Crippen LogP contribution in [-0.4, -0.2) is 10.4 Å². The Labute approximate surface area is 314 Å². The number of nitrogens with zero attached hydrogens (tertiary/aromatic N) is 2. The molecule has 1 N–H and O–H groups in total. The molecule has 0 amide bonds. The van der Waals surface area contributed by atoms with Gasteiger partial charge in [-0.05, 0) is 86.1 Å². The Hall–Kier alpha value is -6.71. The summed E-state index contributed by atoms with van der Waals surface area (Å²) in [5.74, 6) is 0.890. The fourth-order valence-electron chi connectivity index (χ4n) is 9.26. The van der Waals surface area contributed by atoms with Crippen molar-refractivity contribution in [2.24, 2.45) is 4.99 Å². The lowest BCUT2D eigenvalue weighted by Crippen LogP contribution is -2.33. The van der Waals surface area contributed by atoms with Crippen LogP contribution in [0.25, 0.3) is 60.5 Å². The van der Waals surface area contributed by atoms with Gasteiger partial charge in [0.05, 0.1) is 22.8 Å². The molecule has 2 heterocycles. The number of hydrogen-bond donors (Lipinski definition) is 1. The highest BCUT2D eigenvalue weighted by atomic mass is 15.1. The van der Waals surface area contributed by atoms with Crippen molar-refractivity contribution >= 4 is 44.1 Å². The minimum absolute atomic E-state index is 0.0376. The van der Waals surface area contributed by atoms with Crippen molar-refractivity contribution in [3.63, 3.8) is 0 Å². The van der Waals surface area contributed by atoms with E-state index in [2.05, 4.69) is 200 Å². The van der Waals surface area contributed by atoms with Gasteiger partial charge in [-0.25, -0.2) is 4.99 Å². The zero-order valence-corrected chi connectivity index (χ0v) is 30.2. The number of hydrogen-bond acceptors (Lipinski definition) is 2. The van der Waals surface area contributed by atoms with Crippen LogP contribution < -0.4 is 5.32 Å². The summed E-state index contributed by atoms with van der Waals surface area (Å²) in [4.78, 5) is 5.20. The second-order valence-corrected chi connectivity index (χ2v) is 15.2. The van der Waals surface area contributed by atoms with E-state index in [0.717, 1.165) is 17.1 Å². The molecule has 1 aromatic heterocycles. The molecule has 0 radical (unpaired) electrons. The second kappa shape index (κ2) is 11.6. The van der Waals surface area contributed by atoms with Crippen LogP contribution in [0.4, 0.5) is 5.69 Å². The van der Waals surface area contributed by atoms with Crippen LogP contribution in [0.5, 0.6) is 0 Å². The van der Waals surface area contributed by atoms with E-state index < -0.39 is 0 Å². The summed E-state index contributed by atoms with van der Waals surface area (Å²) in [6, 6.07) is 64.0. The summed E-state index contributed by atoms with van der Waals surface area (Å²) in [5.41, 5.74) is 15.9. The molecule has 9 aromatic rings. The van der Waals surface area contributed by atoms with Crippen molar-refractivity contribution < 1.29 is 0 Å². The standard InChI is InChI=1S/C51H37N3/c1-51(2)42-20-10-8-17-38(42)47-40(19-12-21-43(47)51)49-39-18-9-11-22-44(39)52-50(53-49)34-25-23-32(24-26-34)35-28-29-45-41(31-35)48-37-16-7-6-13-33(37)27-30-46(48)54(45)36-14-4-3-5-15-36/h3-31,49H,1-2H3,(H,52,53). The fourth-order valence-corrected chi connectivity index (χ4v) is 9.26. The van der Waals surface area contributed by atoms with E-state index in [-0.39, 0.29) is 11.5 Å². The van der Waals surface area contributed by atoms with Crippen LogP contribution in [0, 0.1) is 0 Å². The summed E-state index contributed by atoms with van der Waals surface area (Å²) in [6.07, 6.45) is 0. The smallest absolute Gasteiger partial charge is 0.134 e. The van der Waals surface area contributed by atoms with Gasteiger partial charge >= 0.3 is 0 Å². The highest BCUT2D eigenvalue weighted by Gasteiger charge is 2.38. The van der Waals surface area contributed by atoms with Crippen LogP contribution in [0.2, 0.25) is 0 Å². The van der Waals surface area contributed by atoms with E-state index >= 15 is 0 Å². The van der Waals surface area contributed by atoms with E-state index in [1.54, 1.807) is 0 Å². The number of nitrogens with one attached hydrogen (secondary N) is 1. The van der Waals surface area contributed by atoms with Crippen LogP contribution in [0.1, 0.15) is 47.7 Å². The summed E-state index contributed by atoms with van der Waals surface area (Å²) in [5, 5.41) is 8.98. The van der Waals surface area contributed by atoms with Crippen LogP contribution in [-0.2, 0) is 5.41 Å². The third-order valence-electron chi connectivity index (χ3n) is 11.9. The monoisotopic (exact) mass is 691 g/mol. The quantitative estimate of drug-likeness (QED) is 0.196. The molecule has 0 saturated carbocycles. The van der Waals surface area contributed by atoms with Crippen molar-refractivity contribution in [1.82, 2.24) is 9.88 Å². The van der Waals surface area contributed by atoms with Gasteiger partial charge in [-0.1, -0.05) is 153 Å². The van der Waals surface area contributed by atoms with E-state index in [9.17, 15) is 0 Å². The molecule has 2 aliphatic rings. The molecule has 0 fully saturated rings. The second-order valence-electron chi connectivity index (χ2n) is 15.2. The van der Waals surface area contributed by atoms with Gasteiger partial charge in [-0.15, -0.1) is 0 Å². The van der Waals surface area contributed by atoms with Crippen LogP contribution >= 0.6 is 0 Å². The maximum absolute atomic E-state index is 5.20. The zero-order chi connectivity index (χ0) is 36.0. The lowest BCUT2D eigenvalue weighted by atomic mass is 9.81. The topological polar surface area (TPSA) is 29.3 Å². The Balaban J connectivity index is 1.00. The Morgan fingerprint density at radius 3 is 2.11 bits per heavy atom. The molecule has 256 valence electrons. The van der Waals surface area contributed by atoms with E-state index in [0.29, 0.717) is 0 Å². The molecule has 1 atom stereocenters. The largest absolute Gasteiger partial charge is 0.359 e. The highest BCUT2D eigenvalue weighted by molar-refractivity contribution is 6.22. The summed E-state index contributed by atoms with van der Waals surface area (Å²) in [7, 11) is 0. The summed E-state index contributed by atoms with van der Waals surface area (Å²) in [6.45, 7) is 4.69. The minimum atomic E-state index is -0.0601. The first-order chi connectivity index (χ1) is 26.5. The molecule has 3 heteroatoms. The van der Waals surface area contributed by atoms with Crippen molar-refractivity contribution in [3.8, 4) is 27.9 Å². The number of fused-ring (bicyclic) bond motifs is 9. The van der Waals surface area contributed by atoms with Gasteiger partial charge in [0, 0.05) is 33.0 Å². The van der Waals surface area contributed by atoms with Gasteiger partial charge in [0.25, 0.3) is 0 Å². The molecule has 54 heavy (non-hydrogen) atoms. The lowest BCUT2D eigenvalue weighted by Gasteiger charge is -2.30. The predicted octanol–water partition coefficient (Wildman–Crippen LogP) is 12.7. The first kappa shape index (κ1) is 30.9. The molecule has 0 saturated heterocycles. The molecular weight excluding hydrogens is 655 g/mol. The minimum Gasteiger partial charge on any atom is -0.359 e. The Morgan fingerprint density at radius 2 is 1.22 bits per heavy atom. The molecule has 1 unspecified atom stereocenters. The molecule has 0 spiro atoms. The lowest BCUT2D eigenvalue weighted by molar-refractivity contribution is 0.658. The van der Waals surface area contributed by atoms with Gasteiger partial charge in [0.2, 0.25) is 0 Å². The van der Waals surface area contributed by atoms with Gasteiger partial charge in [-0.3, -0.25) is 0 Å². The number of amidine groups is 1. The average Bonchev–Trinajstić information content (AvgIpc) is 3.69. The number of para-hydroxylation sites is 2. The number of aromatic nitrogens is 1. The van der Waals surface area contributed by atoms with Crippen molar-refractivity contribution in [2.75, 3.05) is 0 Å². The van der Waals surface area contributed by atoms with Crippen LogP contribution in [0.15, 0.2) is 181 Å². The van der Waals surface area contributed by atoms with E-state index in [1.165, 1.54) is 82.8 Å². The maximum atomic E-state index is 5.20. The van der Waals surface area contributed by atoms with Crippen LogP contribution in [0.3, 0.4) is 0 Å². The number of aliphatic imine (C=N–C) groups is 1. The summed E-state index contributed by atoms with van der Waals surface area (Å²) < 4.78 is 2.40. The Morgan fingerprint density at radius 1 is 0.537 bits per heavy atom. The Bertz CT molecular complexity index is 2980. The third kappa shape index (κ3) is 4.51. The molecule has 0 bridgehead atoms. The molecule has 8 aromatic carbocycles. The molecule has 1 aliphatic carbocycles. The third-order valence-corrected chi connectivity index (χ3v) is 11.9. The van der Waals surface area contributed by atoms with Gasteiger partial charge < -0.3 is 9.88 Å². The van der Waals surface area contributed by atoms with Gasteiger partial charge in [0.15, 0.2) is 0 Å². The van der Waals surface area contributed by atoms with Gasteiger partial charge in [-0.2, -0.15) is 0 Å². The fraction of sp³-hybridized carbons (Fsp3) is 0.0784. The SMILES string of the molecule is CC1(C)c2ccccc2-c2c(C3NC(c4ccc(-c5ccc6c(c5)c5c7ccccc7ccc5n6-c5ccccc5)cc4)=Nc4ccccc43)cccc21.